The molecule has 1 heteroatoms. The predicted octanol–water partition coefficient (Wildman–Crippen LogP) is 3.81. The molecule has 1 aliphatic rings. The second kappa shape index (κ2) is 3.76. The van der Waals surface area contributed by atoms with Gasteiger partial charge in [0.15, 0.2) is 0 Å². The topological polar surface area (TPSA) is 0 Å². The summed E-state index contributed by atoms with van der Waals surface area (Å²) in [5.74, 6) is 1.20. The Morgan fingerprint density at radius 3 is 1.92 bits per heavy atom. The zero-order chi connectivity index (χ0) is 9.19. The second-order valence-electron chi connectivity index (χ2n) is 5.24. The summed E-state index contributed by atoms with van der Waals surface area (Å²) < 4.78 is 12.3. The number of hydrogen-bond acceptors (Lipinski definition) is 0. The molecule has 0 heterocycles. The Hall–Kier alpha value is -0.0700. The highest BCUT2D eigenvalue weighted by Crippen LogP contribution is 2.39. The number of alkyl halides is 1. The summed E-state index contributed by atoms with van der Waals surface area (Å²) >= 11 is 0. The van der Waals surface area contributed by atoms with Crippen molar-refractivity contribution in [2.75, 3.05) is 6.67 Å². The molecule has 0 saturated heterocycles. The molecular weight excluding hydrogens is 151 g/mol. The average Bonchev–Trinajstić information content (AvgIpc) is 2.03. The Labute approximate surface area is 75.5 Å². The smallest absolute Gasteiger partial charge is 0.0922 e. The minimum absolute atomic E-state index is 0.100. The summed E-state index contributed by atoms with van der Waals surface area (Å²) in [4.78, 5) is 0. The molecule has 0 nitrogen and oxygen atoms in total. The van der Waals surface area contributed by atoms with Gasteiger partial charge in [0.25, 0.3) is 0 Å². The first-order chi connectivity index (χ1) is 5.54. The van der Waals surface area contributed by atoms with Crippen molar-refractivity contribution in [3.05, 3.63) is 0 Å². The van der Waals surface area contributed by atoms with Crippen molar-refractivity contribution in [1.29, 1.82) is 0 Å². The minimum Gasteiger partial charge on any atom is -0.251 e. The quantitative estimate of drug-likeness (QED) is 0.564. The van der Waals surface area contributed by atoms with Crippen LogP contribution in [0.4, 0.5) is 4.39 Å². The summed E-state index contributed by atoms with van der Waals surface area (Å²) in [6.45, 7) is 6.80. The zero-order valence-corrected chi connectivity index (χ0v) is 8.57. The fourth-order valence-corrected chi connectivity index (χ4v) is 2.18. The first kappa shape index (κ1) is 10.0. The summed E-state index contributed by atoms with van der Waals surface area (Å²) in [5.41, 5.74) is 0.432. The molecule has 0 aromatic rings. The molecule has 1 aliphatic carbocycles. The van der Waals surface area contributed by atoms with Gasteiger partial charge in [-0.1, -0.05) is 20.8 Å². The van der Waals surface area contributed by atoms with Gasteiger partial charge in [-0.2, -0.15) is 0 Å². The lowest BCUT2D eigenvalue weighted by Crippen LogP contribution is -2.26. The Kier molecular flexibility index (Phi) is 3.14. The molecule has 0 radical (unpaired) electrons. The van der Waals surface area contributed by atoms with E-state index in [1.54, 1.807) is 0 Å². The van der Waals surface area contributed by atoms with Gasteiger partial charge in [-0.05, 0) is 42.9 Å². The van der Waals surface area contributed by atoms with E-state index >= 15 is 0 Å². The van der Waals surface area contributed by atoms with Crippen molar-refractivity contribution in [3.8, 4) is 0 Å². The van der Waals surface area contributed by atoms with Crippen LogP contribution in [0.25, 0.3) is 0 Å². The van der Waals surface area contributed by atoms with E-state index in [4.69, 9.17) is 0 Å². The van der Waals surface area contributed by atoms with Crippen LogP contribution in [-0.2, 0) is 0 Å². The first-order valence-corrected chi connectivity index (χ1v) is 5.10. The third kappa shape index (κ3) is 2.46. The molecule has 0 unspecified atom stereocenters. The molecule has 0 spiro atoms. The summed E-state index contributed by atoms with van der Waals surface area (Å²) in [6.07, 6.45) is 4.69. The average molecular weight is 172 g/mol. The van der Waals surface area contributed by atoms with Crippen LogP contribution in [0.15, 0.2) is 0 Å². The van der Waals surface area contributed by atoms with Crippen molar-refractivity contribution >= 4 is 0 Å². The maximum absolute atomic E-state index is 12.3. The van der Waals surface area contributed by atoms with Crippen LogP contribution in [-0.4, -0.2) is 6.67 Å². The number of hydrogen-bond donors (Lipinski definition) is 0. The molecule has 72 valence electrons. The standard InChI is InChI=1S/C11H21F/c1-11(2,3)10-6-4-9(8-12)5-7-10/h9-10H,4-8H2,1-3H3/t9-,10-. The molecule has 1 fully saturated rings. The predicted molar refractivity (Wildman–Crippen MR) is 50.9 cm³/mol. The second-order valence-corrected chi connectivity index (χ2v) is 5.24. The van der Waals surface area contributed by atoms with Crippen LogP contribution in [0.2, 0.25) is 0 Å². The van der Waals surface area contributed by atoms with Crippen LogP contribution in [0, 0.1) is 17.3 Å². The summed E-state index contributed by atoms with van der Waals surface area (Å²) in [7, 11) is 0. The van der Waals surface area contributed by atoms with Crippen LogP contribution in [0.1, 0.15) is 46.5 Å². The van der Waals surface area contributed by atoms with Gasteiger partial charge in [-0.3, -0.25) is 4.39 Å². The molecule has 0 aliphatic heterocycles. The summed E-state index contributed by atoms with van der Waals surface area (Å²) in [5, 5.41) is 0. The lowest BCUT2D eigenvalue weighted by molar-refractivity contribution is 0.138. The number of halogens is 1. The van der Waals surface area contributed by atoms with Gasteiger partial charge in [0, 0.05) is 0 Å². The Morgan fingerprint density at radius 2 is 1.58 bits per heavy atom. The fraction of sp³-hybridized carbons (Fsp3) is 1.00. The maximum Gasteiger partial charge on any atom is 0.0922 e. The van der Waals surface area contributed by atoms with E-state index in [0.717, 1.165) is 18.8 Å². The molecule has 0 aromatic heterocycles. The molecule has 12 heavy (non-hydrogen) atoms. The molecule has 0 aromatic carbocycles. The van der Waals surface area contributed by atoms with Crippen LogP contribution in [0.3, 0.4) is 0 Å². The lowest BCUT2D eigenvalue weighted by atomic mass is 9.70. The van der Waals surface area contributed by atoms with Gasteiger partial charge in [0.2, 0.25) is 0 Å². The molecule has 0 atom stereocenters. The lowest BCUT2D eigenvalue weighted by Gasteiger charge is -2.36. The van der Waals surface area contributed by atoms with E-state index in [9.17, 15) is 4.39 Å². The fourth-order valence-electron chi connectivity index (χ4n) is 2.18. The van der Waals surface area contributed by atoms with E-state index in [2.05, 4.69) is 20.8 Å². The first-order valence-electron chi connectivity index (χ1n) is 5.10. The van der Waals surface area contributed by atoms with Gasteiger partial charge < -0.3 is 0 Å². The van der Waals surface area contributed by atoms with E-state index < -0.39 is 0 Å². The monoisotopic (exact) mass is 172 g/mol. The summed E-state index contributed by atoms with van der Waals surface area (Å²) in [6, 6.07) is 0. The van der Waals surface area contributed by atoms with Crippen LogP contribution < -0.4 is 0 Å². The zero-order valence-electron chi connectivity index (χ0n) is 8.57. The Morgan fingerprint density at radius 1 is 1.08 bits per heavy atom. The van der Waals surface area contributed by atoms with Crippen molar-refractivity contribution in [3.63, 3.8) is 0 Å². The van der Waals surface area contributed by atoms with Crippen molar-refractivity contribution in [2.45, 2.75) is 46.5 Å². The highest BCUT2D eigenvalue weighted by Gasteiger charge is 2.29. The molecule has 1 saturated carbocycles. The molecular formula is C11H21F. The van der Waals surface area contributed by atoms with Gasteiger partial charge in [-0.25, -0.2) is 0 Å². The normalized spacial score (nSPS) is 32.0. The third-order valence-electron chi connectivity index (χ3n) is 3.29. The minimum atomic E-state index is -0.100. The van der Waals surface area contributed by atoms with Crippen molar-refractivity contribution in [1.82, 2.24) is 0 Å². The van der Waals surface area contributed by atoms with Crippen molar-refractivity contribution < 1.29 is 4.39 Å². The Balaban J connectivity index is 2.36. The van der Waals surface area contributed by atoms with E-state index in [1.807, 2.05) is 0 Å². The van der Waals surface area contributed by atoms with Gasteiger partial charge in [0.05, 0.1) is 6.67 Å². The molecule has 1 rings (SSSR count). The third-order valence-corrected chi connectivity index (χ3v) is 3.29. The molecule has 0 N–H and O–H groups in total. The SMILES string of the molecule is CC(C)(C)[C@H]1CC[C@H](CF)CC1. The Bertz CT molecular complexity index is 126. The molecule has 0 bridgehead atoms. The maximum atomic E-state index is 12.3. The van der Waals surface area contributed by atoms with E-state index in [1.165, 1.54) is 12.8 Å². The van der Waals surface area contributed by atoms with Gasteiger partial charge in [-0.15, -0.1) is 0 Å². The van der Waals surface area contributed by atoms with E-state index in [-0.39, 0.29) is 6.67 Å². The number of rotatable bonds is 1. The van der Waals surface area contributed by atoms with Crippen LogP contribution >= 0.6 is 0 Å². The highest BCUT2D eigenvalue weighted by molar-refractivity contribution is 4.80. The van der Waals surface area contributed by atoms with Gasteiger partial charge >= 0.3 is 0 Å². The molecule has 0 amide bonds. The van der Waals surface area contributed by atoms with Crippen molar-refractivity contribution in [2.24, 2.45) is 17.3 Å². The van der Waals surface area contributed by atoms with Gasteiger partial charge in [0.1, 0.15) is 0 Å². The largest absolute Gasteiger partial charge is 0.251 e. The van der Waals surface area contributed by atoms with E-state index in [0.29, 0.717) is 11.3 Å². The highest BCUT2D eigenvalue weighted by atomic mass is 19.1. The van der Waals surface area contributed by atoms with Crippen LogP contribution in [0.5, 0.6) is 0 Å².